The predicted molar refractivity (Wildman–Crippen MR) is 41.7 cm³/mol. The summed E-state index contributed by atoms with van der Waals surface area (Å²) in [5.74, 6) is 0. The van der Waals surface area contributed by atoms with Crippen LogP contribution in [0.2, 0.25) is 0 Å². The van der Waals surface area contributed by atoms with Crippen molar-refractivity contribution in [1.29, 1.82) is 0 Å². The molecule has 60 valence electrons. The van der Waals surface area contributed by atoms with Crippen molar-refractivity contribution in [2.24, 2.45) is 5.73 Å². The zero-order chi connectivity index (χ0) is 7.61. The third kappa shape index (κ3) is 1.70. The van der Waals surface area contributed by atoms with Crippen molar-refractivity contribution in [2.75, 3.05) is 0 Å². The van der Waals surface area contributed by atoms with Gasteiger partial charge < -0.3 is 10.8 Å². The van der Waals surface area contributed by atoms with Gasteiger partial charge in [0.15, 0.2) is 0 Å². The van der Waals surface area contributed by atoms with E-state index in [0.717, 1.165) is 19.3 Å². The van der Waals surface area contributed by atoms with Gasteiger partial charge in [0.05, 0.1) is 5.60 Å². The van der Waals surface area contributed by atoms with E-state index in [1.165, 1.54) is 12.8 Å². The lowest BCUT2D eigenvalue weighted by atomic mass is 9.92. The van der Waals surface area contributed by atoms with Crippen LogP contribution in [0.4, 0.5) is 0 Å². The molecule has 0 aromatic carbocycles. The molecule has 1 rings (SSSR count). The van der Waals surface area contributed by atoms with Crippen LogP contribution in [0.25, 0.3) is 0 Å². The van der Waals surface area contributed by atoms with Crippen LogP contribution >= 0.6 is 0 Å². The summed E-state index contributed by atoms with van der Waals surface area (Å²) in [6, 6.07) is -0.00463. The summed E-state index contributed by atoms with van der Waals surface area (Å²) in [4.78, 5) is 0. The lowest BCUT2D eigenvalue weighted by Gasteiger charge is -2.27. The van der Waals surface area contributed by atoms with Gasteiger partial charge in [-0.2, -0.15) is 0 Å². The summed E-state index contributed by atoms with van der Waals surface area (Å²) in [5.41, 5.74) is 5.16. The van der Waals surface area contributed by atoms with Gasteiger partial charge >= 0.3 is 0 Å². The van der Waals surface area contributed by atoms with Crippen LogP contribution < -0.4 is 5.73 Å². The highest BCUT2D eigenvalue weighted by atomic mass is 16.3. The van der Waals surface area contributed by atoms with E-state index >= 15 is 0 Å². The van der Waals surface area contributed by atoms with Crippen LogP contribution in [-0.4, -0.2) is 16.7 Å². The Labute approximate surface area is 62.4 Å². The fourth-order valence-electron chi connectivity index (χ4n) is 1.52. The summed E-state index contributed by atoms with van der Waals surface area (Å²) in [7, 11) is 0. The van der Waals surface area contributed by atoms with Crippen molar-refractivity contribution in [3.63, 3.8) is 0 Å². The first-order valence-electron chi connectivity index (χ1n) is 4.11. The molecular weight excluding hydrogens is 126 g/mol. The Hall–Kier alpha value is -0.0800. The Kier molecular flexibility index (Phi) is 2.32. The van der Waals surface area contributed by atoms with E-state index in [9.17, 15) is 5.11 Å². The lowest BCUT2D eigenvalue weighted by Crippen LogP contribution is -2.44. The molecule has 0 spiro atoms. The molecule has 10 heavy (non-hydrogen) atoms. The molecule has 3 N–H and O–H groups in total. The molecular formula is C8H17NO. The van der Waals surface area contributed by atoms with Crippen molar-refractivity contribution in [3.8, 4) is 0 Å². The highest BCUT2D eigenvalue weighted by Crippen LogP contribution is 2.25. The van der Waals surface area contributed by atoms with Crippen LogP contribution in [0.5, 0.6) is 0 Å². The van der Waals surface area contributed by atoms with Crippen molar-refractivity contribution >= 4 is 0 Å². The van der Waals surface area contributed by atoms with E-state index in [1.807, 2.05) is 6.92 Å². The topological polar surface area (TPSA) is 46.2 Å². The molecule has 1 fully saturated rings. The van der Waals surface area contributed by atoms with Gasteiger partial charge in [-0.15, -0.1) is 0 Å². The fourth-order valence-corrected chi connectivity index (χ4v) is 1.52. The van der Waals surface area contributed by atoms with Gasteiger partial charge in [-0.3, -0.25) is 0 Å². The number of hydrogen-bond donors (Lipinski definition) is 2. The van der Waals surface area contributed by atoms with E-state index in [-0.39, 0.29) is 6.04 Å². The molecule has 1 saturated carbocycles. The van der Waals surface area contributed by atoms with Crippen LogP contribution in [-0.2, 0) is 0 Å². The van der Waals surface area contributed by atoms with E-state index < -0.39 is 5.60 Å². The van der Waals surface area contributed by atoms with Crippen LogP contribution in [0.15, 0.2) is 0 Å². The second kappa shape index (κ2) is 2.89. The molecule has 1 aliphatic carbocycles. The molecule has 0 aliphatic heterocycles. The zero-order valence-electron chi connectivity index (χ0n) is 6.64. The van der Waals surface area contributed by atoms with Crippen molar-refractivity contribution in [2.45, 2.75) is 50.7 Å². The number of aliphatic hydroxyl groups is 1. The lowest BCUT2D eigenvalue weighted by molar-refractivity contribution is 0.0264. The summed E-state index contributed by atoms with van der Waals surface area (Å²) in [6.07, 6.45) is 5.38. The maximum Gasteiger partial charge on any atom is 0.0769 e. The summed E-state index contributed by atoms with van der Waals surface area (Å²) in [5, 5.41) is 9.70. The first-order valence-corrected chi connectivity index (χ1v) is 4.11. The summed E-state index contributed by atoms with van der Waals surface area (Å²) in [6.45, 7) is 1.85. The smallest absolute Gasteiger partial charge is 0.0769 e. The minimum absolute atomic E-state index is 0.00463. The minimum Gasteiger partial charge on any atom is -0.389 e. The molecule has 0 saturated heterocycles. The van der Waals surface area contributed by atoms with Gasteiger partial charge in [0.25, 0.3) is 0 Å². The van der Waals surface area contributed by atoms with E-state index in [1.54, 1.807) is 0 Å². The van der Waals surface area contributed by atoms with E-state index in [0.29, 0.717) is 0 Å². The van der Waals surface area contributed by atoms with Crippen molar-refractivity contribution in [1.82, 2.24) is 0 Å². The Balaban J connectivity index is 2.52. The summed E-state index contributed by atoms with van der Waals surface area (Å²) >= 11 is 0. The van der Waals surface area contributed by atoms with Crippen molar-refractivity contribution in [3.05, 3.63) is 0 Å². The zero-order valence-corrected chi connectivity index (χ0v) is 6.64. The maximum absolute atomic E-state index is 9.70. The predicted octanol–water partition coefficient (Wildman–Crippen LogP) is 1.03. The SMILES string of the molecule is C[C@]1(O)CCCCC[C@@H]1N. The molecule has 0 bridgehead atoms. The van der Waals surface area contributed by atoms with Gasteiger partial charge in [0.1, 0.15) is 0 Å². The van der Waals surface area contributed by atoms with Gasteiger partial charge in [-0.05, 0) is 19.8 Å². The second-order valence-corrected chi connectivity index (χ2v) is 3.56. The largest absolute Gasteiger partial charge is 0.389 e. The van der Waals surface area contributed by atoms with E-state index in [4.69, 9.17) is 5.73 Å². The van der Waals surface area contributed by atoms with Crippen LogP contribution in [0.1, 0.15) is 39.0 Å². The first kappa shape index (κ1) is 8.02. The Morgan fingerprint density at radius 1 is 1.40 bits per heavy atom. The quantitative estimate of drug-likeness (QED) is 0.497. The first-order chi connectivity index (χ1) is 4.63. The van der Waals surface area contributed by atoms with Gasteiger partial charge in [0.2, 0.25) is 0 Å². The molecule has 0 radical (unpaired) electrons. The second-order valence-electron chi connectivity index (χ2n) is 3.56. The van der Waals surface area contributed by atoms with Crippen LogP contribution in [0.3, 0.4) is 0 Å². The molecule has 0 heterocycles. The third-order valence-corrected chi connectivity index (χ3v) is 2.50. The standard InChI is InChI=1S/C8H17NO/c1-8(10)6-4-2-3-5-7(8)9/h7,10H,2-6,9H2,1H3/t7-,8-/m0/s1. The Morgan fingerprint density at radius 2 is 2.10 bits per heavy atom. The monoisotopic (exact) mass is 143 g/mol. The molecule has 2 nitrogen and oxygen atoms in total. The summed E-state index contributed by atoms with van der Waals surface area (Å²) < 4.78 is 0. The minimum atomic E-state index is -0.601. The average Bonchev–Trinajstić information content (AvgIpc) is 1.96. The highest BCUT2D eigenvalue weighted by Gasteiger charge is 2.29. The highest BCUT2D eigenvalue weighted by molar-refractivity contribution is 4.86. The molecule has 0 aromatic rings. The van der Waals surface area contributed by atoms with Crippen LogP contribution in [0, 0.1) is 0 Å². The molecule has 0 unspecified atom stereocenters. The number of rotatable bonds is 0. The maximum atomic E-state index is 9.70. The molecule has 0 aromatic heterocycles. The molecule has 0 amide bonds. The Morgan fingerprint density at radius 3 is 2.80 bits per heavy atom. The fraction of sp³-hybridized carbons (Fsp3) is 1.00. The molecule has 2 heteroatoms. The molecule has 1 aliphatic rings. The van der Waals surface area contributed by atoms with Gasteiger partial charge in [-0.1, -0.05) is 19.3 Å². The van der Waals surface area contributed by atoms with E-state index in [2.05, 4.69) is 0 Å². The normalized spacial score (nSPS) is 42.9. The average molecular weight is 143 g/mol. The van der Waals surface area contributed by atoms with Gasteiger partial charge in [-0.25, -0.2) is 0 Å². The Bertz CT molecular complexity index is 112. The number of hydrogen-bond acceptors (Lipinski definition) is 2. The van der Waals surface area contributed by atoms with Crippen molar-refractivity contribution < 1.29 is 5.11 Å². The number of nitrogens with two attached hydrogens (primary N) is 1. The van der Waals surface area contributed by atoms with Gasteiger partial charge in [0, 0.05) is 6.04 Å². The molecule has 2 atom stereocenters. The third-order valence-electron chi connectivity index (χ3n) is 2.50.